The third-order valence-electron chi connectivity index (χ3n) is 2.51. The first-order valence-electron chi connectivity index (χ1n) is 5.08. The summed E-state index contributed by atoms with van der Waals surface area (Å²) in [6.07, 6.45) is 0. The highest BCUT2D eigenvalue weighted by Gasteiger charge is 2.12. The van der Waals surface area contributed by atoms with E-state index in [2.05, 4.69) is 26.1 Å². The van der Waals surface area contributed by atoms with E-state index in [-0.39, 0.29) is 0 Å². The van der Waals surface area contributed by atoms with Crippen LogP contribution in [0.5, 0.6) is 0 Å². The van der Waals surface area contributed by atoms with Gasteiger partial charge in [-0.15, -0.1) is 21.5 Å². The highest BCUT2D eigenvalue weighted by molar-refractivity contribution is 9.11. The second-order valence-electron chi connectivity index (χ2n) is 3.54. The Balaban J connectivity index is 2.30. The molecule has 4 nitrogen and oxygen atoms in total. The molecule has 2 N–H and O–H groups in total. The largest absolute Gasteiger partial charge is 0.325 e. The van der Waals surface area contributed by atoms with Gasteiger partial charge in [-0.25, -0.2) is 0 Å². The van der Waals surface area contributed by atoms with Crippen LogP contribution in [0.3, 0.4) is 0 Å². The zero-order chi connectivity index (χ0) is 11.8. The number of nitrogens with zero attached hydrogens (tertiary/aromatic N) is 3. The number of pyridine rings is 1. The van der Waals surface area contributed by atoms with Gasteiger partial charge < -0.3 is 5.73 Å². The Morgan fingerprint density at radius 2 is 2.12 bits per heavy atom. The van der Waals surface area contributed by atoms with E-state index in [0.29, 0.717) is 6.54 Å². The van der Waals surface area contributed by atoms with Crippen LogP contribution in [0.4, 0.5) is 0 Å². The van der Waals surface area contributed by atoms with Crippen molar-refractivity contribution in [2.75, 3.05) is 0 Å². The minimum Gasteiger partial charge on any atom is -0.325 e. The molecule has 0 amide bonds. The number of aromatic nitrogens is 3. The maximum Gasteiger partial charge on any atom is 0.178 e. The smallest absolute Gasteiger partial charge is 0.178 e. The molecular formula is C11H9BrN4S. The molecule has 0 aliphatic heterocycles. The molecule has 86 valence electrons. The fourth-order valence-electron chi connectivity index (χ4n) is 1.76. The number of hydrogen-bond acceptors (Lipinski definition) is 4. The Labute approximate surface area is 110 Å². The van der Waals surface area contributed by atoms with Gasteiger partial charge in [0.1, 0.15) is 0 Å². The molecule has 0 unspecified atom stereocenters. The summed E-state index contributed by atoms with van der Waals surface area (Å²) in [6, 6.07) is 9.89. The Bertz CT molecular complexity index is 673. The number of nitrogens with two attached hydrogens (primary N) is 1. The van der Waals surface area contributed by atoms with Gasteiger partial charge in [0.05, 0.1) is 8.66 Å². The molecule has 6 heteroatoms. The number of fused-ring (bicyclic) bond motifs is 1. The molecule has 0 radical (unpaired) electrons. The summed E-state index contributed by atoms with van der Waals surface area (Å²) >= 11 is 5.09. The first-order valence-corrected chi connectivity index (χ1v) is 6.69. The van der Waals surface area contributed by atoms with Gasteiger partial charge in [-0.1, -0.05) is 6.07 Å². The molecule has 0 aliphatic carbocycles. The summed E-state index contributed by atoms with van der Waals surface area (Å²) in [5.74, 6) is 0.844. The van der Waals surface area contributed by atoms with Crippen LogP contribution < -0.4 is 5.73 Å². The van der Waals surface area contributed by atoms with E-state index in [1.165, 1.54) is 0 Å². The van der Waals surface area contributed by atoms with E-state index in [1.807, 2.05) is 34.7 Å². The number of hydrogen-bond donors (Lipinski definition) is 1. The zero-order valence-corrected chi connectivity index (χ0v) is 11.2. The first kappa shape index (κ1) is 10.9. The third-order valence-corrected chi connectivity index (χ3v) is 4.13. The normalized spacial score (nSPS) is 11.2. The molecule has 3 aromatic rings. The van der Waals surface area contributed by atoms with Crippen LogP contribution in [0.25, 0.3) is 16.3 Å². The summed E-state index contributed by atoms with van der Waals surface area (Å²) in [5.41, 5.74) is 7.58. The summed E-state index contributed by atoms with van der Waals surface area (Å²) < 4.78 is 3.08. The number of halogens is 1. The maximum absolute atomic E-state index is 5.75. The van der Waals surface area contributed by atoms with Crippen molar-refractivity contribution >= 4 is 32.9 Å². The molecule has 0 saturated heterocycles. The van der Waals surface area contributed by atoms with E-state index in [1.54, 1.807) is 11.3 Å². The summed E-state index contributed by atoms with van der Waals surface area (Å²) in [6.45, 7) is 0.467. The van der Waals surface area contributed by atoms with Gasteiger partial charge in [-0.3, -0.25) is 4.40 Å². The Morgan fingerprint density at radius 1 is 1.24 bits per heavy atom. The molecule has 0 aromatic carbocycles. The second-order valence-corrected chi connectivity index (χ2v) is 6.01. The predicted molar refractivity (Wildman–Crippen MR) is 71.9 cm³/mol. The van der Waals surface area contributed by atoms with Crippen LogP contribution in [-0.4, -0.2) is 14.6 Å². The van der Waals surface area contributed by atoms with Crippen molar-refractivity contribution < 1.29 is 0 Å². The van der Waals surface area contributed by atoms with E-state index >= 15 is 0 Å². The van der Waals surface area contributed by atoms with Gasteiger partial charge in [-0.2, -0.15) is 0 Å². The molecule has 0 aliphatic rings. The molecule has 0 fully saturated rings. The van der Waals surface area contributed by atoms with Crippen LogP contribution in [0, 0.1) is 0 Å². The fourth-order valence-corrected chi connectivity index (χ4v) is 3.12. The summed E-state index contributed by atoms with van der Waals surface area (Å²) in [4.78, 5) is 1.07. The van der Waals surface area contributed by atoms with Crippen molar-refractivity contribution in [1.29, 1.82) is 0 Å². The average molecular weight is 309 g/mol. The molecule has 0 bridgehead atoms. The molecular weight excluding hydrogens is 300 g/mol. The molecule has 3 aromatic heterocycles. The first-order chi connectivity index (χ1) is 8.29. The zero-order valence-electron chi connectivity index (χ0n) is 8.80. The topological polar surface area (TPSA) is 56.2 Å². The van der Waals surface area contributed by atoms with E-state index < -0.39 is 0 Å². The minimum absolute atomic E-state index is 0.467. The van der Waals surface area contributed by atoms with Crippen molar-refractivity contribution in [3.8, 4) is 10.7 Å². The Morgan fingerprint density at radius 3 is 2.82 bits per heavy atom. The van der Waals surface area contributed by atoms with Gasteiger partial charge in [0.2, 0.25) is 0 Å². The van der Waals surface area contributed by atoms with Crippen molar-refractivity contribution in [2.24, 2.45) is 5.73 Å². The van der Waals surface area contributed by atoms with Crippen LogP contribution >= 0.6 is 27.3 Å². The maximum atomic E-state index is 5.75. The number of thiophene rings is 1. The van der Waals surface area contributed by atoms with Gasteiger partial charge in [0.15, 0.2) is 11.5 Å². The SMILES string of the molecule is NCc1cccc2nnc(-c3ccc(Br)s3)n12. The fraction of sp³-hybridized carbons (Fsp3) is 0.0909. The lowest BCUT2D eigenvalue weighted by molar-refractivity contribution is 0.947. The molecule has 3 heterocycles. The molecule has 0 spiro atoms. The molecule has 3 rings (SSSR count). The van der Waals surface area contributed by atoms with E-state index in [9.17, 15) is 0 Å². The molecule has 0 atom stereocenters. The van der Waals surface area contributed by atoms with Crippen molar-refractivity contribution in [1.82, 2.24) is 14.6 Å². The highest BCUT2D eigenvalue weighted by atomic mass is 79.9. The molecule has 17 heavy (non-hydrogen) atoms. The van der Waals surface area contributed by atoms with Crippen molar-refractivity contribution in [3.63, 3.8) is 0 Å². The van der Waals surface area contributed by atoms with E-state index in [0.717, 1.165) is 25.8 Å². The van der Waals surface area contributed by atoms with Crippen LogP contribution in [-0.2, 0) is 6.54 Å². The van der Waals surface area contributed by atoms with Gasteiger partial charge >= 0.3 is 0 Å². The summed E-state index contributed by atoms with van der Waals surface area (Å²) in [7, 11) is 0. The van der Waals surface area contributed by atoms with Crippen molar-refractivity contribution in [3.05, 3.63) is 39.8 Å². The van der Waals surface area contributed by atoms with E-state index in [4.69, 9.17) is 5.73 Å². The molecule has 0 saturated carbocycles. The standard InChI is InChI=1S/C11H9BrN4S/c12-9-5-4-8(17-9)11-15-14-10-3-1-2-7(6-13)16(10)11/h1-5H,6,13H2. The summed E-state index contributed by atoms with van der Waals surface area (Å²) in [5, 5.41) is 8.40. The average Bonchev–Trinajstić information content (AvgIpc) is 2.94. The Kier molecular flexibility index (Phi) is 2.70. The van der Waals surface area contributed by atoms with Crippen LogP contribution in [0.1, 0.15) is 5.69 Å². The second kappa shape index (κ2) is 4.21. The lowest BCUT2D eigenvalue weighted by Gasteiger charge is -2.03. The Hall–Kier alpha value is -1.24. The quantitative estimate of drug-likeness (QED) is 0.792. The lowest BCUT2D eigenvalue weighted by atomic mass is 10.3. The van der Waals surface area contributed by atoms with Crippen molar-refractivity contribution in [2.45, 2.75) is 6.54 Å². The highest BCUT2D eigenvalue weighted by Crippen LogP contribution is 2.30. The monoisotopic (exact) mass is 308 g/mol. The van der Waals surface area contributed by atoms with Gasteiger partial charge in [0.25, 0.3) is 0 Å². The third kappa shape index (κ3) is 1.78. The van der Waals surface area contributed by atoms with Crippen LogP contribution in [0.2, 0.25) is 0 Å². The van der Waals surface area contributed by atoms with Crippen LogP contribution in [0.15, 0.2) is 34.1 Å². The van der Waals surface area contributed by atoms with Gasteiger partial charge in [-0.05, 0) is 40.2 Å². The van der Waals surface area contributed by atoms with Gasteiger partial charge in [0, 0.05) is 12.2 Å². The number of rotatable bonds is 2. The minimum atomic E-state index is 0.467. The lowest BCUT2D eigenvalue weighted by Crippen LogP contribution is -2.04. The predicted octanol–water partition coefficient (Wildman–Crippen LogP) is 2.68.